The van der Waals surface area contributed by atoms with Crippen LogP contribution in [0, 0.1) is 0 Å². The van der Waals surface area contributed by atoms with E-state index < -0.39 is 34.9 Å². The summed E-state index contributed by atoms with van der Waals surface area (Å²) in [6.07, 6.45) is 0. The molecule has 11 nitrogen and oxygen atoms in total. The van der Waals surface area contributed by atoms with Gasteiger partial charge in [0.2, 0.25) is 15.8 Å². The molecule has 6 N–H and O–H groups in total. The van der Waals surface area contributed by atoms with Gasteiger partial charge in [0.15, 0.2) is 9.84 Å². The Morgan fingerprint density at radius 3 is 2.35 bits per heavy atom. The minimum absolute atomic E-state index is 0.0268. The van der Waals surface area contributed by atoms with E-state index in [0.717, 1.165) is 6.07 Å². The number of nitrogens with zero attached hydrogens (tertiary/aromatic N) is 3. The van der Waals surface area contributed by atoms with Crippen LogP contribution >= 0.6 is 0 Å². The fourth-order valence-corrected chi connectivity index (χ4v) is 5.44. The molecule has 0 atom stereocenters. The van der Waals surface area contributed by atoms with E-state index in [1.165, 1.54) is 6.07 Å². The van der Waals surface area contributed by atoms with Crippen molar-refractivity contribution in [3.8, 4) is 11.4 Å². The Labute approximate surface area is 131 Å². The Morgan fingerprint density at radius 2 is 1.87 bits per heavy atom. The number of aromatic amines is 1. The summed E-state index contributed by atoms with van der Waals surface area (Å²) in [6.45, 7) is 0.461. The number of nitrogens with one attached hydrogen (secondary N) is 2. The van der Waals surface area contributed by atoms with Gasteiger partial charge in [-0.2, -0.15) is 5.21 Å². The van der Waals surface area contributed by atoms with Crippen molar-refractivity contribution in [1.82, 2.24) is 25.9 Å². The van der Waals surface area contributed by atoms with Gasteiger partial charge in [0.25, 0.3) is 0 Å². The highest BCUT2D eigenvalue weighted by Gasteiger charge is 2.38. The lowest BCUT2D eigenvalue weighted by Crippen LogP contribution is -2.51. The third-order valence-corrected chi connectivity index (χ3v) is 6.78. The standard InChI is InChI=1S/C10H13N7O4S2/c11-6-1-2-7(22(18,19)5-3-13-4-5)9(23(12,20)21)8(6)10-14-16-17-15-10/h1-2,5,13H,3-4,11H2,(H2,12,20,21)(H,14,15,16,17). The van der Waals surface area contributed by atoms with Gasteiger partial charge in [-0.05, 0) is 17.3 Å². The number of tetrazole rings is 1. The summed E-state index contributed by atoms with van der Waals surface area (Å²) in [4.78, 5) is -1.04. The van der Waals surface area contributed by atoms with Crippen molar-refractivity contribution >= 4 is 25.5 Å². The Hall–Kier alpha value is -2.09. The van der Waals surface area contributed by atoms with E-state index >= 15 is 0 Å². The topological polar surface area (TPSA) is 187 Å². The summed E-state index contributed by atoms with van der Waals surface area (Å²) >= 11 is 0. The van der Waals surface area contributed by atoms with Crippen molar-refractivity contribution < 1.29 is 16.8 Å². The maximum absolute atomic E-state index is 12.6. The largest absolute Gasteiger partial charge is 0.398 e. The third kappa shape index (κ3) is 2.56. The lowest BCUT2D eigenvalue weighted by atomic mass is 10.1. The molecule has 0 bridgehead atoms. The first-order valence-electron chi connectivity index (χ1n) is 6.36. The minimum Gasteiger partial charge on any atom is -0.398 e. The highest BCUT2D eigenvalue weighted by Crippen LogP contribution is 2.36. The van der Waals surface area contributed by atoms with Gasteiger partial charge in [0.05, 0.1) is 15.7 Å². The predicted octanol–water partition coefficient (Wildman–Crippen LogP) is -2.16. The van der Waals surface area contributed by atoms with Crippen LogP contribution in [0.5, 0.6) is 0 Å². The zero-order valence-electron chi connectivity index (χ0n) is 11.6. The molecule has 1 saturated heterocycles. The number of sulfonamides is 1. The molecule has 1 fully saturated rings. The van der Waals surface area contributed by atoms with E-state index in [0.29, 0.717) is 0 Å². The molecule has 1 aliphatic rings. The van der Waals surface area contributed by atoms with Gasteiger partial charge in [0, 0.05) is 18.8 Å². The van der Waals surface area contributed by atoms with Crippen molar-refractivity contribution in [2.45, 2.75) is 15.0 Å². The molecule has 13 heteroatoms. The van der Waals surface area contributed by atoms with Crippen LogP contribution in [0.15, 0.2) is 21.9 Å². The summed E-state index contributed by atoms with van der Waals surface area (Å²) in [6, 6.07) is 2.41. The number of benzene rings is 1. The van der Waals surface area contributed by atoms with Crippen molar-refractivity contribution in [2.24, 2.45) is 5.14 Å². The Bertz CT molecular complexity index is 949. The average molecular weight is 359 g/mol. The Morgan fingerprint density at radius 1 is 1.17 bits per heavy atom. The SMILES string of the molecule is Nc1ccc(S(=O)(=O)C2CNC2)c(S(N)(=O)=O)c1-c1nn[nH]n1. The van der Waals surface area contributed by atoms with E-state index in [9.17, 15) is 16.8 Å². The predicted molar refractivity (Wildman–Crippen MR) is 79.2 cm³/mol. The zero-order valence-corrected chi connectivity index (χ0v) is 13.2. The molecular weight excluding hydrogens is 346 g/mol. The molecule has 0 saturated carbocycles. The van der Waals surface area contributed by atoms with Gasteiger partial charge in [-0.15, -0.1) is 10.2 Å². The van der Waals surface area contributed by atoms with Crippen LogP contribution in [-0.2, 0) is 19.9 Å². The first kappa shape index (κ1) is 15.8. The van der Waals surface area contributed by atoms with Gasteiger partial charge < -0.3 is 11.1 Å². The lowest BCUT2D eigenvalue weighted by Gasteiger charge is -2.27. The van der Waals surface area contributed by atoms with Crippen molar-refractivity contribution in [3.05, 3.63) is 12.1 Å². The highest BCUT2D eigenvalue weighted by molar-refractivity contribution is 7.94. The number of sulfone groups is 1. The molecule has 1 aliphatic heterocycles. The van der Waals surface area contributed by atoms with Crippen LogP contribution in [0.1, 0.15) is 0 Å². The molecule has 0 aliphatic carbocycles. The molecule has 124 valence electrons. The number of hydrogen-bond donors (Lipinski definition) is 4. The van der Waals surface area contributed by atoms with Gasteiger partial charge in [-0.1, -0.05) is 0 Å². The molecule has 0 amide bonds. The number of aromatic nitrogens is 4. The van der Waals surface area contributed by atoms with E-state index in [1.807, 2.05) is 0 Å². The fourth-order valence-electron chi connectivity index (χ4n) is 2.24. The first-order chi connectivity index (χ1) is 10.7. The van der Waals surface area contributed by atoms with Crippen molar-refractivity contribution in [1.29, 1.82) is 0 Å². The highest BCUT2D eigenvalue weighted by atomic mass is 32.2. The van der Waals surface area contributed by atoms with E-state index in [4.69, 9.17) is 10.9 Å². The molecule has 3 rings (SSSR count). The zero-order chi connectivity index (χ0) is 16.8. The molecule has 1 aromatic heterocycles. The summed E-state index contributed by atoms with van der Waals surface area (Å²) in [5.74, 6) is -0.157. The second-order valence-electron chi connectivity index (χ2n) is 4.96. The monoisotopic (exact) mass is 359 g/mol. The van der Waals surface area contributed by atoms with Crippen molar-refractivity contribution in [2.75, 3.05) is 18.8 Å². The van der Waals surface area contributed by atoms with Crippen LogP contribution < -0.4 is 16.2 Å². The third-order valence-electron chi connectivity index (χ3n) is 3.50. The number of anilines is 1. The molecular formula is C10H13N7O4S2. The number of primary sulfonamides is 1. The van der Waals surface area contributed by atoms with Gasteiger partial charge in [0.1, 0.15) is 4.90 Å². The first-order valence-corrected chi connectivity index (χ1v) is 9.46. The molecule has 0 spiro atoms. The molecule has 2 aromatic rings. The van der Waals surface area contributed by atoms with Crippen LogP contribution in [0.3, 0.4) is 0 Å². The average Bonchev–Trinajstić information content (AvgIpc) is 2.87. The second kappa shape index (κ2) is 5.23. The summed E-state index contributed by atoms with van der Waals surface area (Å²) in [5.41, 5.74) is 5.58. The Balaban J connectivity index is 2.36. The van der Waals surface area contributed by atoms with Crippen LogP contribution in [0.25, 0.3) is 11.4 Å². The summed E-state index contributed by atoms with van der Waals surface area (Å²) in [7, 11) is -8.32. The van der Waals surface area contributed by atoms with Gasteiger partial charge >= 0.3 is 0 Å². The molecule has 1 aromatic carbocycles. The van der Waals surface area contributed by atoms with E-state index in [1.54, 1.807) is 0 Å². The number of nitrogens with two attached hydrogens (primary N) is 2. The summed E-state index contributed by atoms with van der Waals surface area (Å²) in [5, 5.41) is 20.2. The van der Waals surface area contributed by atoms with E-state index in [-0.39, 0.29) is 30.2 Å². The maximum atomic E-state index is 12.6. The van der Waals surface area contributed by atoms with Crippen LogP contribution in [-0.4, -0.2) is 55.8 Å². The minimum atomic E-state index is -4.41. The molecule has 0 radical (unpaired) electrons. The van der Waals surface area contributed by atoms with Gasteiger partial charge in [-0.3, -0.25) is 0 Å². The smallest absolute Gasteiger partial charge is 0.240 e. The number of rotatable bonds is 4. The van der Waals surface area contributed by atoms with Crippen molar-refractivity contribution in [3.63, 3.8) is 0 Å². The normalized spacial score (nSPS) is 16.2. The number of nitrogen functional groups attached to an aromatic ring is 1. The van der Waals surface area contributed by atoms with Crippen LogP contribution in [0.2, 0.25) is 0 Å². The van der Waals surface area contributed by atoms with E-state index in [2.05, 4.69) is 25.9 Å². The fraction of sp³-hybridized carbons (Fsp3) is 0.300. The lowest BCUT2D eigenvalue weighted by molar-refractivity contribution is 0.493. The molecule has 2 heterocycles. The number of hydrogen-bond acceptors (Lipinski definition) is 9. The quantitative estimate of drug-likeness (QED) is 0.441. The molecule has 0 unspecified atom stereocenters. The van der Waals surface area contributed by atoms with Crippen LogP contribution in [0.4, 0.5) is 5.69 Å². The maximum Gasteiger partial charge on any atom is 0.240 e. The second-order valence-corrected chi connectivity index (χ2v) is 8.66. The molecule has 23 heavy (non-hydrogen) atoms. The number of H-pyrrole nitrogens is 1. The summed E-state index contributed by atoms with van der Waals surface area (Å²) < 4.78 is 49.4. The van der Waals surface area contributed by atoms with Gasteiger partial charge in [-0.25, -0.2) is 22.0 Å². The Kier molecular flexibility index (Phi) is 3.59.